The summed E-state index contributed by atoms with van der Waals surface area (Å²) in [5, 5.41) is 8.70. The summed E-state index contributed by atoms with van der Waals surface area (Å²) in [6, 6.07) is 6.53. The first-order valence-electron chi connectivity index (χ1n) is 6.99. The first kappa shape index (κ1) is 16.2. The monoisotopic (exact) mass is 314 g/mol. The van der Waals surface area contributed by atoms with Gasteiger partial charge in [-0.05, 0) is 38.2 Å². The molecule has 0 saturated carbocycles. The quantitative estimate of drug-likeness (QED) is 0.851. The normalized spacial score (nSPS) is 21.4. The summed E-state index contributed by atoms with van der Waals surface area (Å²) < 4.78 is 31.9. The predicted octanol–water partition coefficient (Wildman–Crippen LogP) is 0.382. The number of ether oxygens (including phenoxy) is 1. The molecule has 7 heteroatoms. The van der Waals surface area contributed by atoms with Crippen molar-refractivity contribution in [3.63, 3.8) is 0 Å². The van der Waals surface area contributed by atoms with Crippen LogP contribution in [0.25, 0.3) is 0 Å². The van der Waals surface area contributed by atoms with Gasteiger partial charge in [-0.15, -0.1) is 0 Å². The molecule has 1 heterocycles. The molecule has 6 nitrogen and oxygen atoms in total. The van der Waals surface area contributed by atoms with Crippen LogP contribution < -0.4 is 4.74 Å². The van der Waals surface area contributed by atoms with Crippen molar-refractivity contribution in [1.29, 1.82) is 0 Å². The van der Waals surface area contributed by atoms with E-state index in [1.54, 1.807) is 24.3 Å². The van der Waals surface area contributed by atoms with Crippen molar-refractivity contribution in [2.75, 3.05) is 39.9 Å². The molecule has 0 aromatic heterocycles. The SMILES string of the molecule is CC1CN(S(=O)(=O)c2ccc(OCCO)cc2)CCN1C. The van der Waals surface area contributed by atoms with Crippen molar-refractivity contribution < 1.29 is 18.3 Å². The third-order valence-corrected chi connectivity index (χ3v) is 5.62. The van der Waals surface area contributed by atoms with Crippen molar-refractivity contribution in [2.24, 2.45) is 0 Å². The van der Waals surface area contributed by atoms with E-state index in [0.29, 0.717) is 18.8 Å². The van der Waals surface area contributed by atoms with Gasteiger partial charge in [0.2, 0.25) is 10.0 Å². The van der Waals surface area contributed by atoms with Gasteiger partial charge in [0.25, 0.3) is 0 Å². The van der Waals surface area contributed by atoms with E-state index >= 15 is 0 Å². The van der Waals surface area contributed by atoms with Crippen LogP contribution in [0, 0.1) is 0 Å². The lowest BCUT2D eigenvalue weighted by molar-refractivity contribution is 0.159. The zero-order chi connectivity index (χ0) is 15.5. The van der Waals surface area contributed by atoms with Gasteiger partial charge in [0, 0.05) is 25.7 Å². The Labute approximate surface area is 126 Å². The highest BCUT2D eigenvalue weighted by Crippen LogP contribution is 2.21. The van der Waals surface area contributed by atoms with Crippen LogP contribution in [0.4, 0.5) is 0 Å². The van der Waals surface area contributed by atoms with Crippen LogP contribution in [0.15, 0.2) is 29.2 Å². The third kappa shape index (κ3) is 3.74. The van der Waals surface area contributed by atoms with E-state index in [1.807, 2.05) is 14.0 Å². The van der Waals surface area contributed by atoms with Crippen LogP contribution in [-0.2, 0) is 10.0 Å². The molecule has 0 bridgehead atoms. The first-order chi connectivity index (χ1) is 9.95. The average Bonchev–Trinajstić information content (AvgIpc) is 2.48. The molecule has 1 aromatic rings. The summed E-state index contributed by atoms with van der Waals surface area (Å²) in [6.07, 6.45) is 0. The molecule has 0 spiro atoms. The van der Waals surface area contributed by atoms with Crippen molar-refractivity contribution in [1.82, 2.24) is 9.21 Å². The molecule has 1 aliphatic heterocycles. The minimum Gasteiger partial charge on any atom is -0.491 e. The second-order valence-electron chi connectivity index (χ2n) is 5.24. The molecule has 1 unspecified atom stereocenters. The Morgan fingerprint density at radius 2 is 1.95 bits per heavy atom. The molecule has 1 fully saturated rings. The molecule has 118 valence electrons. The lowest BCUT2D eigenvalue weighted by Gasteiger charge is -2.36. The second kappa shape index (κ2) is 6.74. The number of sulfonamides is 1. The topological polar surface area (TPSA) is 70.1 Å². The van der Waals surface area contributed by atoms with Gasteiger partial charge in [0.15, 0.2) is 0 Å². The minimum atomic E-state index is -3.45. The van der Waals surface area contributed by atoms with Crippen LogP contribution in [0.2, 0.25) is 0 Å². The number of benzene rings is 1. The van der Waals surface area contributed by atoms with Gasteiger partial charge in [0.05, 0.1) is 11.5 Å². The van der Waals surface area contributed by atoms with Crippen molar-refractivity contribution >= 4 is 10.0 Å². The molecule has 0 amide bonds. The number of piperazine rings is 1. The van der Waals surface area contributed by atoms with Crippen LogP contribution in [-0.4, -0.2) is 68.7 Å². The molecule has 2 rings (SSSR count). The van der Waals surface area contributed by atoms with Gasteiger partial charge in [-0.1, -0.05) is 0 Å². The Morgan fingerprint density at radius 3 is 2.52 bits per heavy atom. The molecule has 1 N–H and O–H groups in total. The molecule has 1 aliphatic rings. The Balaban J connectivity index is 2.12. The van der Waals surface area contributed by atoms with Crippen LogP contribution in [0.5, 0.6) is 5.75 Å². The number of hydrogen-bond acceptors (Lipinski definition) is 5. The maximum absolute atomic E-state index is 12.6. The maximum atomic E-state index is 12.6. The van der Waals surface area contributed by atoms with Crippen LogP contribution in [0.1, 0.15) is 6.92 Å². The van der Waals surface area contributed by atoms with E-state index in [1.165, 1.54) is 4.31 Å². The van der Waals surface area contributed by atoms with E-state index in [9.17, 15) is 8.42 Å². The summed E-state index contributed by atoms with van der Waals surface area (Å²) in [7, 11) is -1.45. The Kier molecular flexibility index (Phi) is 5.21. The van der Waals surface area contributed by atoms with E-state index in [0.717, 1.165) is 6.54 Å². The van der Waals surface area contributed by atoms with Crippen LogP contribution >= 0.6 is 0 Å². The summed E-state index contributed by atoms with van der Waals surface area (Å²) >= 11 is 0. The predicted molar refractivity (Wildman–Crippen MR) is 79.9 cm³/mol. The number of rotatable bonds is 5. The maximum Gasteiger partial charge on any atom is 0.243 e. The van der Waals surface area contributed by atoms with Crippen LogP contribution in [0.3, 0.4) is 0 Å². The number of likely N-dealkylation sites (N-methyl/N-ethyl adjacent to an activating group) is 1. The van der Waals surface area contributed by atoms with E-state index < -0.39 is 10.0 Å². The summed E-state index contributed by atoms with van der Waals surface area (Å²) in [4.78, 5) is 2.42. The van der Waals surface area contributed by atoms with Crippen molar-refractivity contribution in [3.8, 4) is 5.75 Å². The summed E-state index contributed by atoms with van der Waals surface area (Å²) in [5.74, 6) is 0.551. The fraction of sp³-hybridized carbons (Fsp3) is 0.571. The standard InChI is InChI=1S/C14H22N2O4S/c1-12-11-16(8-7-15(12)2)21(18,19)14-5-3-13(4-6-14)20-10-9-17/h3-6,12,17H,7-11H2,1-2H3. The zero-order valence-corrected chi connectivity index (χ0v) is 13.2. The lowest BCUT2D eigenvalue weighted by atomic mass is 10.2. The van der Waals surface area contributed by atoms with Crippen molar-refractivity contribution in [2.45, 2.75) is 17.9 Å². The highest BCUT2D eigenvalue weighted by molar-refractivity contribution is 7.89. The van der Waals surface area contributed by atoms with Gasteiger partial charge < -0.3 is 14.7 Å². The third-order valence-electron chi connectivity index (χ3n) is 3.74. The van der Waals surface area contributed by atoms with E-state index in [2.05, 4.69) is 4.90 Å². The molecule has 0 radical (unpaired) electrons. The smallest absolute Gasteiger partial charge is 0.243 e. The fourth-order valence-corrected chi connectivity index (χ4v) is 3.77. The average molecular weight is 314 g/mol. The Hall–Kier alpha value is -1.15. The highest BCUT2D eigenvalue weighted by atomic mass is 32.2. The minimum absolute atomic E-state index is 0.0702. The zero-order valence-electron chi connectivity index (χ0n) is 12.4. The fourth-order valence-electron chi connectivity index (χ4n) is 2.25. The second-order valence-corrected chi connectivity index (χ2v) is 7.17. The molecular formula is C14H22N2O4S. The lowest BCUT2D eigenvalue weighted by Crippen LogP contribution is -2.51. The highest BCUT2D eigenvalue weighted by Gasteiger charge is 2.30. The summed E-state index contributed by atoms with van der Waals surface area (Å²) in [5.41, 5.74) is 0. The van der Waals surface area contributed by atoms with Gasteiger partial charge in [-0.25, -0.2) is 8.42 Å². The number of aliphatic hydroxyl groups excluding tert-OH is 1. The molecule has 1 aromatic carbocycles. The number of hydrogen-bond donors (Lipinski definition) is 1. The molecule has 1 saturated heterocycles. The molecule has 1 atom stereocenters. The Morgan fingerprint density at radius 1 is 1.29 bits per heavy atom. The van der Waals surface area contributed by atoms with Gasteiger partial charge in [-0.3, -0.25) is 0 Å². The van der Waals surface area contributed by atoms with E-state index in [-0.39, 0.29) is 24.2 Å². The van der Waals surface area contributed by atoms with E-state index in [4.69, 9.17) is 9.84 Å². The number of nitrogens with zero attached hydrogens (tertiary/aromatic N) is 2. The van der Waals surface area contributed by atoms with Gasteiger partial charge in [-0.2, -0.15) is 4.31 Å². The first-order valence-corrected chi connectivity index (χ1v) is 8.43. The Bertz CT molecular complexity index is 559. The molecular weight excluding hydrogens is 292 g/mol. The molecule has 0 aliphatic carbocycles. The molecule has 21 heavy (non-hydrogen) atoms. The number of aliphatic hydroxyl groups is 1. The van der Waals surface area contributed by atoms with Gasteiger partial charge >= 0.3 is 0 Å². The summed E-state index contributed by atoms with van der Waals surface area (Å²) in [6.45, 7) is 3.89. The van der Waals surface area contributed by atoms with Gasteiger partial charge in [0.1, 0.15) is 12.4 Å². The van der Waals surface area contributed by atoms with Crippen molar-refractivity contribution in [3.05, 3.63) is 24.3 Å². The largest absolute Gasteiger partial charge is 0.491 e.